The van der Waals surface area contributed by atoms with Crippen LogP contribution in [0.5, 0.6) is 0 Å². The molecule has 6 heteroatoms. The quantitative estimate of drug-likeness (QED) is 0.439. The Morgan fingerprint density at radius 2 is 2.00 bits per heavy atom. The molecule has 0 bridgehead atoms. The number of nitrogens with zero attached hydrogens (tertiary/aromatic N) is 5. The first-order valence-electron chi connectivity index (χ1n) is 4.25. The van der Waals surface area contributed by atoms with Crippen molar-refractivity contribution in [1.82, 2.24) is 10.2 Å². The monoisotopic (exact) mass is 217 g/mol. The van der Waals surface area contributed by atoms with Gasteiger partial charge in [0.15, 0.2) is 0 Å². The van der Waals surface area contributed by atoms with Gasteiger partial charge in [0.05, 0.1) is 0 Å². The second-order valence-electron chi connectivity index (χ2n) is 2.95. The molecular weight excluding hydrogens is 210 g/mol. The van der Waals surface area contributed by atoms with Gasteiger partial charge in [-0.1, -0.05) is 41.2 Å². The maximum Gasteiger partial charge on any atom is 0.204 e. The van der Waals surface area contributed by atoms with Crippen LogP contribution < -0.4 is 0 Å². The van der Waals surface area contributed by atoms with Crippen molar-refractivity contribution in [2.45, 2.75) is 6.92 Å². The molecule has 0 aliphatic heterocycles. The van der Waals surface area contributed by atoms with E-state index in [0.29, 0.717) is 5.13 Å². The average molecular weight is 217 g/mol. The fraction of sp³-hybridized carbons (Fsp3) is 0.111. The van der Waals surface area contributed by atoms with Crippen LogP contribution in [-0.2, 0) is 0 Å². The maximum atomic E-state index is 8.23. The normalized spacial score (nSPS) is 9.67. The molecule has 0 aliphatic carbocycles. The molecule has 74 valence electrons. The molecule has 0 atom stereocenters. The van der Waals surface area contributed by atoms with Gasteiger partial charge in [0.1, 0.15) is 5.01 Å². The number of aryl methyl sites for hydroxylation is 1. The van der Waals surface area contributed by atoms with Gasteiger partial charge in [-0.05, 0) is 17.6 Å². The highest BCUT2D eigenvalue weighted by molar-refractivity contribution is 7.18. The Bertz CT molecular complexity index is 510. The first-order valence-corrected chi connectivity index (χ1v) is 5.07. The zero-order chi connectivity index (χ0) is 10.7. The standard InChI is InChI=1S/C9H7N5S/c1-6-2-4-7(5-3-6)8-11-12-9(15-8)13-14-10/h2-5H,1H3. The first-order chi connectivity index (χ1) is 7.29. The van der Waals surface area contributed by atoms with E-state index in [-0.39, 0.29) is 0 Å². The minimum atomic E-state index is 0.341. The Labute approximate surface area is 90.0 Å². The molecule has 0 aliphatic rings. The van der Waals surface area contributed by atoms with Crippen molar-refractivity contribution in [2.24, 2.45) is 5.11 Å². The Morgan fingerprint density at radius 1 is 1.27 bits per heavy atom. The summed E-state index contributed by atoms with van der Waals surface area (Å²) in [6, 6.07) is 7.94. The lowest BCUT2D eigenvalue weighted by Gasteiger charge is -1.94. The number of hydrogen-bond donors (Lipinski definition) is 0. The molecule has 0 fully saturated rings. The van der Waals surface area contributed by atoms with E-state index in [1.165, 1.54) is 16.9 Å². The largest absolute Gasteiger partial charge is 0.204 e. The van der Waals surface area contributed by atoms with Crippen molar-refractivity contribution >= 4 is 16.5 Å². The molecule has 0 amide bonds. The highest BCUT2D eigenvalue weighted by Gasteiger charge is 2.04. The third-order valence-electron chi connectivity index (χ3n) is 1.84. The Kier molecular flexibility index (Phi) is 2.62. The SMILES string of the molecule is Cc1ccc(-c2nnc(N=[N+]=[N-])s2)cc1. The van der Waals surface area contributed by atoms with Crippen LogP contribution in [0.3, 0.4) is 0 Å². The van der Waals surface area contributed by atoms with Crippen LogP contribution in [0, 0.1) is 6.92 Å². The second-order valence-corrected chi connectivity index (χ2v) is 3.90. The topological polar surface area (TPSA) is 74.5 Å². The van der Waals surface area contributed by atoms with Crippen LogP contribution in [0.1, 0.15) is 5.56 Å². The predicted octanol–water partition coefficient (Wildman–Crippen LogP) is 3.46. The van der Waals surface area contributed by atoms with Crippen LogP contribution in [-0.4, -0.2) is 10.2 Å². The third-order valence-corrected chi connectivity index (χ3v) is 2.70. The van der Waals surface area contributed by atoms with E-state index in [0.717, 1.165) is 10.6 Å². The Hall–Kier alpha value is -1.91. The first kappa shape index (κ1) is 9.64. The average Bonchev–Trinajstić information content (AvgIpc) is 2.68. The lowest BCUT2D eigenvalue weighted by Crippen LogP contribution is -1.76. The number of benzene rings is 1. The zero-order valence-corrected chi connectivity index (χ0v) is 8.77. The Morgan fingerprint density at radius 3 is 2.67 bits per heavy atom. The fourth-order valence-electron chi connectivity index (χ4n) is 1.11. The van der Waals surface area contributed by atoms with Gasteiger partial charge in [-0.25, -0.2) is 0 Å². The van der Waals surface area contributed by atoms with Crippen molar-refractivity contribution in [2.75, 3.05) is 0 Å². The van der Waals surface area contributed by atoms with E-state index in [9.17, 15) is 0 Å². The van der Waals surface area contributed by atoms with Gasteiger partial charge in [-0.2, -0.15) is 0 Å². The summed E-state index contributed by atoms with van der Waals surface area (Å²) in [6.45, 7) is 2.02. The molecule has 0 saturated carbocycles. The van der Waals surface area contributed by atoms with Gasteiger partial charge in [-0.15, -0.1) is 10.2 Å². The minimum absolute atomic E-state index is 0.341. The number of rotatable bonds is 2. The highest BCUT2D eigenvalue weighted by Crippen LogP contribution is 2.27. The minimum Gasteiger partial charge on any atom is -0.138 e. The molecule has 5 nitrogen and oxygen atoms in total. The summed E-state index contributed by atoms with van der Waals surface area (Å²) in [5.74, 6) is 0. The molecule has 0 spiro atoms. The molecule has 1 aromatic heterocycles. The summed E-state index contributed by atoms with van der Waals surface area (Å²) in [5.41, 5.74) is 10.4. The van der Waals surface area contributed by atoms with E-state index >= 15 is 0 Å². The van der Waals surface area contributed by atoms with Crippen molar-refractivity contribution in [3.63, 3.8) is 0 Å². The summed E-state index contributed by atoms with van der Waals surface area (Å²) < 4.78 is 0. The van der Waals surface area contributed by atoms with Gasteiger partial charge < -0.3 is 0 Å². The molecule has 2 aromatic rings. The van der Waals surface area contributed by atoms with Crippen molar-refractivity contribution in [3.05, 3.63) is 40.3 Å². The highest BCUT2D eigenvalue weighted by atomic mass is 32.1. The molecule has 15 heavy (non-hydrogen) atoms. The van der Waals surface area contributed by atoms with Crippen molar-refractivity contribution < 1.29 is 0 Å². The lowest BCUT2D eigenvalue weighted by atomic mass is 10.2. The van der Waals surface area contributed by atoms with Crippen LogP contribution >= 0.6 is 11.3 Å². The summed E-state index contributed by atoms with van der Waals surface area (Å²) in [7, 11) is 0. The lowest BCUT2D eigenvalue weighted by molar-refractivity contribution is 1.08. The van der Waals surface area contributed by atoms with Gasteiger partial charge in [-0.3, -0.25) is 0 Å². The molecule has 1 heterocycles. The van der Waals surface area contributed by atoms with E-state index in [1.54, 1.807) is 0 Å². The van der Waals surface area contributed by atoms with Crippen LogP contribution in [0.25, 0.3) is 21.0 Å². The number of azide groups is 1. The summed E-state index contributed by atoms with van der Waals surface area (Å²) in [5, 5.41) is 12.2. The van der Waals surface area contributed by atoms with E-state index in [2.05, 4.69) is 20.2 Å². The van der Waals surface area contributed by atoms with Crippen molar-refractivity contribution in [1.29, 1.82) is 0 Å². The number of hydrogen-bond acceptors (Lipinski definition) is 4. The second kappa shape index (κ2) is 4.08. The van der Waals surface area contributed by atoms with E-state index in [1.807, 2.05) is 31.2 Å². The predicted molar refractivity (Wildman–Crippen MR) is 58.9 cm³/mol. The van der Waals surface area contributed by atoms with E-state index < -0.39 is 0 Å². The smallest absolute Gasteiger partial charge is 0.138 e. The van der Waals surface area contributed by atoms with Crippen LogP contribution in [0.15, 0.2) is 29.4 Å². The zero-order valence-electron chi connectivity index (χ0n) is 7.95. The van der Waals surface area contributed by atoms with Gasteiger partial charge in [0.25, 0.3) is 0 Å². The molecule has 0 N–H and O–H groups in total. The molecular formula is C9H7N5S. The Balaban J connectivity index is 2.37. The molecule has 0 unspecified atom stereocenters. The van der Waals surface area contributed by atoms with Gasteiger partial charge in [0, 0.05) is 10.5 Å². The van der Waals surface area contributed by atoms with Gasteiger partial charge in [0.2, 0.25) is 5.13 Å². The third kappa shape index (κ3) is 2.12. The van der Waals surface area contributed by atoms with Crippen LogP contribution in [0.4, 0.5) is 5.13 Å². The summed E-state index contributed by atoms with van der Waals surface area (Å²) in [6.07, 6.45) is 0. The molecule has 0 radical (unpaired) electrons. The summed E-state index contributed by atoms with van der Waals surface area (Å²) >= 11 is 1.27. The molecule has 2 rings (SSSR count). The van der Waals surface area contributed by atoms with Crippen molar-refractivity contribution in [3.8, 4) is 10.6 Å². The summed E-state index contributed by atoms with van der Waals surface area (Å²) in [4.78, 5) is 2.66. The molecule has 0 saturated heterocycles. The van der Waals surface area contributed by atoms with Crippen LogP contribution in [0.2, 0.25) is 0 Å². The van der Waals surface area contributed by atoms with E-state index in [4.69, 9.17) is 5.53 Å². The molecule has 1 aromatic carbocycles. The fourth-order valence-corrected chi connectivity index (χ4v) is 1.77. The van der Waals surface area contributed by atoms with Gasteiger partial charge >= 0.3 is 0 Å². The maximum absolute atomic E-state index is 8.23. The number of aromatic nitrogens is 2.